The van der Waals surface area contributed by atoms with Crippen molar-refractivity contribution < 1.29 is 4.79 Å². The molecule has 0 saturated heterocycles. The second-order valence-electron chi connectivity index (χ2n) is 4.15. The van der Waals surface area contributed by atoms with E-state index in [0.717, 1.165) is 22.7 Å². The molecule has 2 N–H and O–H groups in total. The smallest absolute Gasteiger partial charge is 0.253 e. The Balaban J connectivity index is 1.84. The van der Waals surface area contributed by atoms with Gasteiger partial charge in [0.15, 0.2) is 0 Å². The highest BCUT2D eigenvalue weighted by Crippen LogP contribution is 2.09. The summed E-state index contributed by atoms with van der Waals surface area (Å²) in [6.07, 6.45) is 2.57. The van der Waals surface area contributed by atoms with Crippen molar-refractivity contribution in [2.45, 2.75) is 13.3 Å². The standard InChI is InChI=1S/C14H15ClN2O/c1-10-13(7-9-16-10)14(18)17-8-6-11-2-4-12(15)5-3-11/h2-5,7,9,16H,6,8H2,1H3,(H,17,18). The summed E-state index contributed by atoms with van der Waals surface area (Å²) in [6, 6.07) is 9.43. The number of halogens is 1. The Morgan fingerprint density at radius 2 is 2.00 bits per heavy atom. The van der Waals surface area contributed by atoms with Crippen molar-refractivity contribution in [1.82, 2.24) is 10.3 Å². The summed E-state index contributed by atoms with van der Waals surface area (Å²) in [7, 11) is 0. The van der Waals surface area contributed by atoms with E-state index < -0.39 is 0 Å². The minimum absolute atomic E-state index is 0.0392. The van der Waals surface area contributed by atoms with E-state index in [1.54, 1.807) is 12.3 Å². The van der Waals surface area contributed by atoms with Crippen LogP contribution in [0.15, 0.2) is 36.5 Å². The molecule has 0 aliphatic rings. The summed E-state index contributed by atoms with van der Waals surface area (Å²) < 4.78 is 0. The van der Waals surface area contributed by atoms with Crippen molar-refractivity contribution >= 4 is 17.5 Å². The number of carbonyl (C=O) groups excluding carboxylic acids is 1. The van der Waals surface area contributed by atoms with E-state index in [9.17, 15) is 4.79 Å². The molecule has 2 aromatic rings. The molecule has 0 aliphatic heterocycles. The number of H-pyrrole nitrogens is 1. The van der Waals surface area contributed by atoms with Crippen molar-refractivity contribution in [1.29, 1.82) is 0 Å². The molecule has 0 atom stereocenters. The Hall–Kier alpha value is -1.74. The van der Waals surface area contributed by atoms with Crippen LogP contribution in [0, 0.1) is 6.92 Å². The topological polar surface area (TPSA) is 44.9 Å². The van der Waals surface area contributed by atoms with Crippen molar-refractivity contribution in [2.24, 2.45) is 0 Å². The zero-order valence-corrected chi connectivity index (χ0v) is 10.9. The summed E-state index contributed by atoms with van der Waals surface area (Å²) in [5.74, 6) is -0.0392. The highest BCUT2D eigenvalue weighted by molar-refractivity contribution is 6.30. The van der Waals surface area contributed by atoms with Gasteiger partial charge in [-0.2, -0.15) is 0 Å². The molecule has 0 saturated carbocycles. The average Bonchev–Trinajstić information content (AvgIpc) is 2.78. The van der Waals surface area contributed by atoms with E-state index in [1.807, 2.05) is 31.2 Å². The van der Waals surface area contributed by atoms with E-state index in [1.165, 1.54) is 0 Å². The lowest BCUT2D eigenvalue weighted by molar-refractivity contribution is 0.0953. The average molecular weight is 263 g/mol. The van der Waals surface area contributed by atoms with Gasteiger partial charge in [0.2, 0.25) is 0 Å². The molecule has 0 unspecified atom stereocenters. The van der Waals surface area contributed by atoms with Crippen LogP contribution in [0.4, 0.5) is 0 Å². The highest BCUT2D eigenvalue weighted by atomic mass is 35.5. The summed E-state index contributed by atoms with van der Waals surface area (Å²) in [4.78, 5) is 14.8. The summed E-state index contributed by atoms with van der Waals surface area (Å²) in [6.45, 7) is 2.50. The molecule has 94 valence electrons. The Labute approximate surface area is 111 Å². The van der Waals surface area contributed by atoms with Gasteiger partial charge in [0.1, 0.15) is 0 Å². The lowest BCUT2D eigenvalue weighted by atomic mass is 10.1. The predicted molar refractivity (Wildman–Crippen MR) is 73.0 cm³/mol. The van der Waals surface area contributed by atoms with Crippen LogP contribution in [-0.4, -0.2) is 17.4 Å². The number of aromatic nitrogens is 1. The van der Waals surface area contributed by atoms with Crippen LogP contribution >= 0.6 is 11.6 Å². The summed E-state index contributed by atoms with van der Waals surface area (Å²) in [5, 5.41) is 3.62. The van der Waals surface area contributed by atoms with Gasteiger partial charge in [-0.1, -0.05) is 23.7 Å². The van der Waals surface area contributed by atoms with Gasteiger partial charge < -0.3 is 10.3 Å². The molecule has 4 heteroatoms. The molecule has 1 heterocycles. The molecule has 0 radical (unpaired) electrons. The zero-order chi connectivity index (χ0) is 13.0. The number of amides is 1. The van der Waals surface area contributed by atoms with Crippen LogP contribution < -0.4 is 5.32 Å². The molecule has 0 bridgehead atoms. The molecule has 1 amide bonds. The number of aromatic amines is 1. The quantitative estimate of drug-likeness (QED) is 0.874. The van der Waals surface area contributed by atoms with Crippen LogP contribution in [0.5, 0.6) is 0 Å². The monoisotopic (exact) mass is 262 g/mol. The fourth-order valence-corrected chi connectivity index (χ4v) is 1.89. The van der Waals surface area contributed by atoms with Gasteiger partial charge in [-0.15, -0.1) is 0 Å². The first kappa shape index (κ1) is 12.7. The molecule has 0 fully saturated rings. The maximum Gasteiger partial charge on any atom is 0.253 e. The second kappa shape index (κ2) is 5.74. The SMILES string of the molecule is Cc1[nH]ccc1C(=O)NCCc1ccc(Cl)cc1. The van der Waals surface area contributed by atoms with E-state index in [0.29, 0.717) is 12.1 Å². The van der Waals surface area contributed by atoms with E-state index >= 15 is 0 Å². The van der Waals surface area contributed by atoms with Crippen LogP contribution in [0.1, 0.15) is 21.6 Å². The molecule has 3 nitrogen and oxygen atoms in total. The van der Waals surface area contributed by atoms with E-state index in [-0.39, 0.29) is 5.91 Å². The predicted octanol–water partition coefficient (Wildman–Crippen LogP) is 2.95. The van der Waals surface area contributed by atoms with Crippen molar-refractivity contribution in [2.75, 3.05) is 6.54 Å². The molecule has 1 aromatic carbocycles. The minimum atomic E-state index is -0.0392. The lowest BCUT2D eigenvalue weighted by Crippen LogP contribution is -2.25. The normalized spacial score (nSPS) is 10.3. The Morgan fingerprint density at radius 1 is 1.28 bits per heavy atom. The first-order valence-corrected chi connectivity index (χ1v) is 6.21. The van der Waals surface area contributed by atoms with Gasteiger partial charge in [0.25, 0.3) is 5.91 Å². The van der Waals surface area contributed by atoms with Crippen molar-refractivity contribution in [3.63, 3.8) is 0 Å². The Bertz CT molecular complexity index is 531. The first-order chi connectivity index (χ1) is 8.66. The molecule has 18 heavy (non-hydrogen) atoms. The third-order valence-electron chi connectivity index (χ3n) is 2.81. The van der Waals surface area contributed by atoms with E-state index in [4.69, 9.17) is 11.6 Å². The Morgan fingerprint density at radius 3 is 2.61 bits per heavy atom. The van der Waals surface area contributed by atoms with Crippen LogP contribution in [0.25, 0.3) is 0 Å². The van der Waals surface area contributed by atoms with E-state index in [2.05, 4.69) is 10.3 Å². The van der Waals surface area contributed by atoms with Crippen molar-refractivity contribution in [3.05, 3.63) is 58.4 Å². The van der Waals surface area contributed by atoms with Gasteiger partial charge in [-0.05, 0) is 37.1 Å². The van der Waals surface area contributed by atoms with Gasteiger partial charge >= 0.3 is 0 Å². The highest BCUT2D eigenvalue weighted by Gasteiger charge is 2.08. The molecule has 2 rings (SSSR count). The van der Waals surface area contributed by atoms with Gasteiger partial charge in [0.05, 0.1) is 5.56 Å². The first-order valence-electron chi connectivity index (χ1n) is 5.83. The molecule has 1 aromatic heterocycles. The second-order valence-corrected chi connectivity index (χ2v) is 4.59. The number of benzene rings is 1. The van der Waals surface area contributed by atoms with Gasteiger partial charge in [0, 0.05) is 23.5 Å². The zero-order valence-electron chi connectivity index (χ0n) is 10.2. The number of rotatable bonds is 4. The number of nitrogens with one attached hydrogen (secondary N) is 2. The fourth-order valence-electron chi connectivity index (χ4n) is 1.77. The molecular weight excluding hydrogens is 248 g/mol. The maximum atomic E-state index is 11.8. The number of aryl methyl sites for hydroxylation is 1. The van der Waals surface area contributed by atoms with Crippen molar-refractivity contribution in [3.8, 4) is 0 Å². The third-order valence-corrected chi connectivity index (χ3v) is 3.06. The summed E-state index contributed by atoms with van der Waals surface area (Å²) >= 11 is 5.81. The molecule has 0 aliphatic carbocycles. The number of hydrogen-bond donors (Lipinski definition) is 2. The molecule has 0 spiro atoms. The van der Waals surface area contributed by atoms with Gasteiger partial charge in [-0.25, -0.2) is 0 Å². The minimum Gasteiger partial charge on any atom is -0.365 e. The Kier molecular flexibility index (Phi) is 4.05. The molecular formula is C14H15ClN2O. The lowest BCUT2D eigenvalue weighted by Gasteiger charge is -2.05. The van der Waals surface area contributed by atoms with Crippen LogP contribution in [-0.2, 0) is 6.42 Å². The maximum absolute atomic E-state index is 11.8. The van der Waals surface area contributed by atoms with Crippen LogP contribution in [0.3, 0.4) is 0 Å². The van der Waals surface area contributed by atoms with Gasteiger partial charge in [-0.3, -0.25) is 4.79 Å². The van der Waals surface area contributed by atoms with Crippen LogP contribution in [0.2, 0.25) is 5.02 Å². The third kappa shape index (κ3) is 3.14. The largest absolute Gasteiger partial charge is 0.365 e. The fraction of sp³-hybridized carbons (Fsp3) is 0.214. The number of hydrogen-bond acceptors (Lipinski definition) is 1. The summed E-state index contributed by atoms with van der Waals surface area (Å²) in [5.41, 5.74) is 2.75. The number of carbonyl (C=O) groups is 1.